The lowest BCUT2D eigenvalue weighted by Gasteiger charge is -2.21. The Kier molecular flexibility index (Phi) is 2.17. The van der Waals surface area contributed by atoms with Crippen molar-refractivity contribution in [3.05, 3.63) is 41.7 Å². The monoisotopic (exact) mass is 215 g/mol. The molecule has 1 N–H and O–H groups in total. The number of nitrogens with one attached hydrogen (secondary N) is 1. The lowest BCUT2D eigenvalue weighted by molar-refractivity contribution is -0.118. The Balaban J connectivity index is 2.08. The zero-order valence-electron chi connectivity index (χ0n) is 8.90. The minimum Gasteiger partial charge on any atom is -0.476 e. The molecule has 2 aliphatic rings. The van der Waals surface area contributed by atoms with Gasteiger partial charge >= 0.3 is 0 Å². The number of hydrogen-bond donors (Lipinski definition) is 1. The van der Waals surface area contributed by atoms with Crippen LogP contribution in [0.3, 0.4) is 0 Å². The van der Waals surface area contributed by atoms with E-state index in [1.165, 1.54) is 0 Å². The van der Waals surface area contributed by atoms with Gasteiger partial charge in [0.05, 0.1) is 5.57 Å². The van der Waals surface area contributed by atoms with Crippen LogP contribution >= 0.6 is 0 Å². The van der Waals surface area contributed by atoms with Gasteiger partial charge < -0.3 is 10.1 Å². The van der Waals surface area contributed by atoms with Crippen molar-refractivity contribution in [3.63, 3.8) is 0 Å². The maximum atomic E-state index is 11.9. The number of allylic oxidation sites excluding steroid dienone is 1. The molecule has 82 valence electrons. The van der Waals surface area contributed by atoms with Crippen molar-refractivity contribution in [3.8, 4) is 0 Å². The molecule has 1 aromatic carbocycles. The Bertz CT molecular complexity index is 446. The lowest BCUT2D eigenvalue weighted by atomic mass is 10.0. The second-order valence-electron chi connectivity index (χ2n) is 4.17. The molecule has 1 fully saturated rings. The molecule has 3 heteroatoms. The van der Waals surface area contributed by atoms with Gasteiger partial charge in [0.15, 0.2) is 6.73 Å². The molecule has 1 aliphatic carbocycles. The van der Waals surface area contributed by atoms with Crippen LogP contribution in [-0.4, -0.2) is 12.6 Å². The van der Waals surface area contributed by atoms with Gasteiger partial charge in [0.2, 0.25) is 0 Å². The standard InChI is InChI=1S/C13H13NO2/c15-13-11(9-4-2-1-3-5-9)12(10-6-7-10)16-8-14-13/h1-5,10H,6-8H2,(H,14,15). The summed E-state index contributed by atoms with van der Waals surface area (Å²) in [7, 11) is 0. The van der Waals surface area contributed by atoms with E-state index >= 15 is 0 Å². The summed E-state index contributed by atoms with van der Waals surface area (Å²) in [5.41, 5.74) is 1.66. The van der Waals surface area contributed by atoms with E-state index in [1.54, 1.807) is 0 Å². The Hall–Kier alpha value is -1.77. The lowest BCUT2D eigenvalue weighted by Crippen LogP contribution is -2.33. The van der Waals surface area contributed by atoms with Crippen LogP contribution in [0.15, 0.2) is 36.1 Å². The average Bonchev–Trinajstić information content (AvgIpc) is 3.14. The van der Waals surface area contributed by atoms with Crippen LogP contribution in [0.1, 0.15) is 18.4 Å². The highest BCUT2D eigenvalue weighted by molar-refractivity contribution is 6.20. The Morgan fingerprint density at radius 2 is 1.94 bits per heavy atom. The van der Waals surface area contributed by atoms with Crippen molar-refractivity contribution in [2.75, 3.05) is 6.73 Å². The highest BCUT2D eigenvalue weighted by Gasteiger charge is 2.34. The van der Waals surface area contributed by atoms with Gasteiger partial charge in [0.25, 0.3) is 5.91 Å². The highest BCUT2D eigenvalue weighted by atomic mass is 16.5. The van der Waals surface area contributed by atoms with Gasteiger partial charge in [-0.15, -0.1) is 0 Å². The molecule has 0 saturated heterocycles. The molecule has 3 nitrogen and oxygen atoms in total. The fraction of sp³-hybridized carbons (Fsp3) is 0.308. The predicted molar refractivity (Wildman–Crippen MR) is 60.2 cm³/mol. The van der Waals surface area contributed by atoms with E-state index in [4.69, 9.17) is 4.74 Å². The Morgan fingerprint density at radius 1 is 1.19 bits per heavy atom. The van der Waals surface area contributed by atoms with Crippen LogP contribution < -0.4 is 5.32 Å². The Labute approximate surface area is 94.1 Å². The third-order valence-electron chi connectivity index (χ3n) is 2.94. The summed E-state index contributed by atoms with van der Waals surface area (Å²) in [5, 5.41) is 2.72. The number of ether oxygens (including phenoxy) is 1. The molecule has 1 aliphatic heterocycles. The molecule has 0 aromatic heterocycles. The van der Waals surface area contributed by atoms with Gasteiger partial charge in [0.1, 0.15) is 5.76 Å². The van der Waals surface area contributed by atoms with Crippen molar-refractivity contribution in [2.24, 2.45) is 5.92 Å². The third-order valence-corrected chi connectivity index (χ3v) is 2.94. The average molecular weight is 215 g/mol. The number of amides is 1. The SMILES string of the molecule is O=C1NCOC(C2CC2)=C1c1ccccc1. The van der Waals surface area contributed by atoms with Crippen LogP contribution in [0, 0.1) is 5.92 Å². The summed E-state index contributed by atoms with van der Waals surface area (Å²) in [6.45, 7) is 0.307. The molecule has 0 atom stereocenters. The second-order valence-corrected chi connectivity index (χ2v) is 4.17. The molecular formula is C13H13NO2. The number of hydrogen-bond acceptors (Lipinski definition) is 2. The normalized spacial score (nSPS) is 20.4. The molecule has 0 unspecified atom stereocenters. The number of benzene rings is 1. The van der Waals surface area contributed by atoms with Gasteiger partial charge in [-0.2, -0.15) is 0 Å². The zero-order valence-corrected chi connectivity index (χ0v) is 8.90. The maximum absolute atomic E-state index is 11.9. The summed E-state index contributed by atoms with van der Waals surface area (Å²) in [5.74, 6) is 1.33. The molecule has 3 rings (SSSR count). The first-order valence-electron chi connectivity index (χ1n) is 5.57. The van der Waals surface area contributed by atoms with E-state index in [1.807, 2.05) is 30.3 Å². The topological polar surface area (TPSA) is 38.3 Å². The van der Waals surface area contributed by atoms with Gasteiger partial charge in [-0.3, -0.25) is 4.79 Å². The van der Waals surface area contributed by atoms with Crippen LogP contribution in [0.2, 0.25) is 0 Å². The number of carbonyl (C=O) groups excluding carboxylic acids is 1. The molecule has 16 heavy (non-hydrogen) atoms. The van der Waals surface area contributed by atoms with Crippen molar-refractivity contribution in [2.45, 2.75) is 12.8 Å². The third kappa shape index (κ3) is 1.58. The minimum atomic E-state index is -0.0145. The van der Waals surface area contributed by atoms with Crippen molar-refractivity contribution < 1.29 is 9.53 Å². The summed E-state index contributed by atoms with van der Waals surface area (Å²) in [6.07, 6.45) is 2.28. The molecule has 1 saturated carbocycles. The zero-order chi connectivity index (χ0) is 11.0. The van der Waals surface area contributed by atoms with Gasteiger partial charge in [-0.1, -0.05) is 30.3 Å². The van der Waals surface area contributed by atoms with E-state index in [2.05, 4.69) is 5.32 Å². The van der Waals surface area contributed by atoms with Crippen molar-refractivity contribution in [1.29, 1.82) is 0 Å². The number of carbonyl (C=O) groups is 1. The molecular weight excluding hydrogens is 202 g/mol. The highest BCUT2D eigenvalue weighted by Crippen LogP contribution is 2.41. The quantitative estimate of drug-likeness (QED) is 0.818. The summed E-state index contributed by atoms with van der Waals surface area (Å²) in [4.78, 5) is 11.9. The van der Waals surface area contributed by atoms with Gasteiger partial charge in [-0.05, 0) is 18.4 Å². The van der Waals surface area contributed by atoms with Gasteiger partial charge in [-0.25, -0.2) is 0 Å². The molecule has 1 aromatic rings. The Morgan fingerprint density at radius 3 is 2.62 bits per heavy atom. The van der Waals surface area contributed by atoms with E-state index in [9.17, 15) is 4.79 Å². The summed E-state index contributed by atoms with van der Waals surface area (Å²) >= 11 is 0. The minimum absolute atomic E-state index is 0.0145. The summed E-state index contributed by atoms with van der Waals surface area (Å²) < 4.78 is 5.59. The molecule has 0 spiro atoms. The largest absolute Gasteiger partial charge is 0.476 e. The van der Waals surface area contributed by atoms with E-state index < -0.39 is 0 Å². The number of rotatable bonds is 2. The van der Waals surface area contributed by atoms with E-state index in [0.717, 1.165) is 24.2 Å². The summed E-state index contributed by atoms with van der Waals surface area (Å²) in [6, 6.07) is 9.73. The first-order chi connectivity index (χ1) is 7.86. The first kappa shape index (κ1) is 9.46. The van der Waals surface area contributed by atoms with Crippen LogP contribution in [0.5, 0.6) is 0 Å². The fourth-order valence-corrected chi connectivity index (χ4v) is 2.00. The fourth-order valence-electron chi connectivity index (χ4n) is 2.00. The van der Waals surface area contributed by atoms with E-state index in [-0.39, 0.29) is 5.91 Å². The second kappa shape index (κ2) is 3.67. The first-order valence-corrected chi connectivity index (χ1v) is 5.57. The van der Waals surface area contributed by atoms with Crippen molar-refractivity contribution >= 4 is 11.5 Å². The molecule has 1 amide bonds. The predicted octanol–water partition coefficient (Wildman–Crippen LogP) is 1.91. The maximum Gasteiger partial charge on any atom is 0.257 e. The van der Waals surface area contributed by atoms with Crippen LogP contribution in [0.25, 0.3) is 5.57 Å². The van der Waals surface area contributed by atoms with Crippen LogP contribution in [-0.2, 0) is 9.53 Å². The molecule has 1 heterocycles. The van der Waals surface area contributed by atoms with Crippen LogP contribution in [0.4, 0.5) is 0 Å². The molecule has 0 radical (unpaired) electrons. The van der Waals surface area contributed by atoms with E-state index in [0.29, 0.717) is 18.2 Å². The smallest absolute Gasteiger partial charge is 0.257 e. The molecule has 0 bridgehead atoms. The van der Waals surface area contributed by atoms with Crippen molar-refractivity contribution in [1.82, 2.24) is 5.32 Å². The van der Waals surface area contributed by atoms with Gasteiger partial charge in [0, 0.05) is 5.92 Å².